The van der Waals surface area contributed by atoms with Crippen molar-refractivity contribution in [1.29, 1.82) is 0 Å². The van der Waals surface area contributed by atoms with Gasteiger partial charge in [-0.25, -0.2) is 9.18 Å². The van der Waals surface area contributed by atoms with E-state index in [0.29, 0.717) is 11.5 Å². The number of benzene rings is 2. The van der Waals surface area contributed by atoms with Crippen LogP contribution in [0, 0.1) is 5.82 Å². The van der Waals surface area contributed by atoms with Gasteiger partial charge in [0, 0.05) is 0 Å². The Balaban J connectivity index is 1.80. The third kappa shape index (κ3) is 4.36. The Morgan fingerprint density at radius 1 is 1.10 bits per heavy atom. The third-order valence-corrected chi connectivity index (χ3v) is 2.90. The van der Waals surface area contributed by atoms with Gasteiger partial charge in [0.05, 0.1) is 10.6 Å². The van der Waals surface area contributed by atoms with Crippen LogP contribution in [0.5, 0.6) is 11.5 Å². The fourth-order valence-corrected chi connectivity index (χ4v) is 1.82. The minimum Gasteiger partial charge on any atom is -0.490 e. The summed E-state index contributed by atoms with van der Waals surface area (Å²) in [6, 6.07) is 9.90. The molecule has 0 aliphatic rings. The molecule has 0 saturated heterocycles. The molecule has 0 bridgehead atoms. The third-order valence-electron chi connectivity index (χ3n) is 2.60. The lowest BCUT2D eigenvalue weighted by molar-refractivity contribution is 0.0697. The molecule has 0 heterocycles. The Bertz CT molecular complexity index is 628. The van der Waals surface area contributed by atoms with Crippen LogP contribution in [0.15, 0.2) is 42.5 Å². The van der Waals surface area contributed by atoms with E-state index in [1.807, 2.05) is 0 Å². The summed E-state index contributed by atoms with van der Waals surface area (Å²) in [5.41, 5.74) is 0.191. The normalized spacial score (nSPS) is 10.2. The van der Waals surface area contributed by atoms with Gasteiger partial charge in [0.25, 0.3) is 0 Å². The summed E-state index contributed by atoms with van der Waals surface area (Å²) in [4.78, 5) is 10.7. The molecule has 0 saturated carbocycles. The average Bonchev–Trinajstić information content (AvgIpc) is 2.46. The van der Waals surface area contributed by atoms with E-state index in [1.54, 1.807) is 12.1 Å². The maximum absolute atomic E-state index is 12.8. The molecule has 2 rings (SSSR count). The van der Waals surface area contributed by atoms with Gasteiger partial charge in [-0.15, -0.1) is 0 Å². The second-order valence-corrected chi connectivity index (χ2v) is 4.51. The van der Waals surface area contributed by atoms with Crippen LogP contribution in [0.4, 0.5) is 4.39 Å². The van der Waals surface area contributed by atoms with Crippen molar-refractivity contribution in [2.75, 3.05) is 13.2 Å². The lowest BCUT2D eigenvalue weighted by Gasteiger charge is -2.09. The zero-order valence-corrected chi connectivity index (χ0v) is 11.6. The Morgan fingerprint density at radius 2 is 1.76 bits per heavy atom. The summed E-state index contributed by atoms with van der Waals surface area (Å²) in [7, 11) is 0. The fraction of sp³-hybridized carbons (Fsp3) is 0.133. The highest BCUT2D eigenvalue weighted by Gasteiger charge is 2.04. The van der Waals surface area contributed by atoms with Crippen molar-refractivity contribution in [3.05, 3.63) is 58.9 Å². The lowest BCUT2D eigenvalue weighted by atomic mass is 10.2. The van der Waals surface area contributed by atoms with Crippen molar-refractivity contribution in [3.8, 4) is 11.5 Å². The van der Waals surface area contributed by atoms with Gasteiger partial charge in [-0.3, -0.25) is 0 Å². The molecule has 1 N–H and O–H groups in total. The van der Waals surface area contributed by atoms with Crippen molar-refractivity contribution in [3.63, 3.8) is 0 Å². The fourth-order valence-electron chi connectivity index (χ4n) is 1.60. The van der Waals surface area contributed by atoms with E-state index in [9.17, 15) is 9.18 Å². The van der Waals surface area contributed by atoms with E-state index in [0.717, 1.165) is 0 Å². The predicted molar refractivity (Wildman–Crippen MR) is 75.8 cm³/mol. The quantitative estimate of drug-likeness (QED) is 0.828. The van der Waals surface area contributed by atoms with Crippen molar-refractivity contribution in [2.24, 2.45) is 0 Å². The lowest BCUT2D eigenvalue weighted by Crippen LogP contribution is -2.09. The topological polar surface area (TPSA) is 55.8 Å². The molecule has 0 spiro atoms. The Hall–Kier alpha value is -2.27. The van der Waals surface area contributed by atoms with Crippen LogP contribution >= 0.6 is 11.6 Å². The number of hydrogen-bond donors (Lipinski definition) is 1. The minimum atomic E-state index is -0.990. The van der Waals surface area contributed by atoms with Gasteiger partial charge < -0.3 is 14.6 Å². The minimum absolute atomic E-state index is 0.191. The summed E-state index contributed by atoms with van der Waals surface area (Å²) >= 11 is 5.81. The predicted octanol–water partition coefficient (Wildman–Crippen LogP) is 3.64. The molecule has 4 nitrogen and oxygen atoms in total. The highest BCUT2D eigenvalue weighted by molar-refractivity contribution is 6.32. The van der Waals surface area contributed by atoms with E-state index in [2.05, 4.69) is 0 Å². The number of aromatic carboxylic acids is 1. The molecule has 2 aromatic carbocycles. The van der Waals surface area contributed by atoms with Gasteiger partial charge >= 0.3 is 5.97 Å². The number of rotatable bonds is 6. The first kappa shape index (κ1) is 15.1. The van der Waals surface area contributed by atoms with E-state index >= 15 is 0 Å². The molecule has 21 heavy (non-hydrogen) atoms. The Kier molecular flexibility index (Phi) is 5.00. The summed E-state index contributed by atoms with van der Waals surface area (Å²) in [5.74, 6) is -0.505. The van der Waals surface area contributed by atoms with Gasteiger partial charge in [0.1, 0.15) is 30.5 Å². The van der Waals surface area contributed by atoms with Crippen LogP contribution < -0.4 is 9.47 Å². The average molecular weight is 311 g/mol. The van der Waals surface area contributed by atoms with Gasteiger partial charge in [-0.05, 0) is 42.5 Å². The number of carbonyl (C=O) groups is 1. The van der Waals surface area contributed by atoms with Crippen LogP contribution in [0.1, 0.15) is 10.4 Å². The molecule has 110 valence electrons. The Labute approximate surface area is 125 Å². The molecule has 0 unspecified atom stereocenters. The van der Waals surface area contributed by atoms with Crippen LogP contribution in [0.3, 0.4) is 0 Å². The molecule has 0 radical (unpaired) electrons. The van der Waals surface area contributed by atoms with Crippen LogP contribution in [-0.4, -0.2) is 24.3 Å². The SMILES string of the molecule is O=C(O)c1ccc(OCCOc2ccc(F)cc2Cl)cc1. The number of carboxylic acid groups (broad SMARTS) is 1. The van der Waals surface area contributed by atoms with Crippen LogP contribution in [-0.2, 0) is 0 Å². The number of hydrogen-bond acceptors (Lipinski definition) is 3. The molecule has 2 aromatic rings. The highest BCUT2D eigenvalue weighted by Crippen LogP contribution is 2.24. The van der Waals surface area contributed by atoms with Crippen molar-refractivity contribution >= 4 is 17.6 Å². The van der Waals surface area contributed by atoms with Crippen LogP contribution in [0.2, 0.25) is 5.02 Å². The maximum Gasteiger partial charge on any atom is 0.335 e. The van der Waals surface area contributed by atoms with Crippen molar-refractivity contribution < 1.29 is 23.8 Å². The first-order chi connectivity index (χ1) is 10.1. The summed E-state index contributed by atoms with van der Waals surface area (Å²) in [5, 5.41) is 8.96. The number of carboxylic acids is 1. The van der Waals surface area contributed by atoms with Crippen molar-refractivity contribution in [2.45, 2.75) is 0 Å². The molecule has 6 heteroatoms. The second kappa shape index (κ2) is 6.95. The monoisotopic (exact) mass is 310 g/mol. The maximum atomic E-state index is 12.8. The van der Waals surface area contributed by atoms with Gasteiger partial charge in [-0.1, -0.05) is 11.6 Å². The zero-order chi connectivity index (χ0) is 15.2. The second-order valence-electron chi connectivity index (χ2n) is 4.10. The van der Waals surface area contributed by atoms with E-state index in [-0.39, 0.29) is 23.8 Å². The van der Waals surface area contributed by atoms with Crippen LogP contribution in [0.25, 0.3) is 0 Å². The number of ether oxygens (including phenoxy) is 2. The van der Waals surface area contributed by atoms with Gasteiger partial charge in [0.2, 0.25) is 0 Å². The van der Waals surface area contributed by atoms with Gasteiger partial charge in [-0.2, -0.15) is 0 Å². The number of halogens is 2. The molecular weight excluding hydrogens is 299 g/mol. The molecule has 0 atom stereocenters. The summed E-state index contributed by atoms with van der Waals surface area (Å²) in [6.45, 7) is 0.478. The van der Waals surface area contributed by atoms with E-state index in [4.69, 9.17) is 26.2 Å². The molecular formula is C15H12ClFO4. The molecule has 0 aliphatic heterocycles. The molecule has 0 amide bonds. The molecule has 0 fully saturated rings. The first-order valence-electron chi connectivity index (χ1n) is 6.10. The Morgan fingerprint density at radius 3 is 2.38 bits per heavy atom. The highest BCUT2D eigenvalue weighted by atomic mass is 35.5. The molecule has 0 aliphatic carbocycles. The van der Waals surface area contributed by atoms with Gasteiger partial charge in [0.15, 0.2) is 0 Å². The van der Waals surface area contributed by atoms with E-state index < -0.39 is 11.8 Å². The zero-order valence-electron chi connectivity index (χ0n) is 10.9. The standard InChI is InChI=1S/C15H12ClFO4/c16-13-9-11(17)3-6-14(13)21-8-7-20-12-4-1-10(2-5-12)15(18)19/h1-6,9H,7-8H2,(H,18,19). The largest absolute Gasteiger partial charge is 0.490 e. The van der Waals surface area contributed by atoms with E-state index in [1.165, 1.54) is 30.3 Å². The summed E-state index contributed by atoms with van der Waals surface area (Å²) < 4.78 is 23.6. The summed E-state index contributed by atoms with van der Waals surface area (Å²) in [6.07, 6.45) is 0. The van der Waals surface area contributed by atoms with Crippen molar-refractivity contribution in [1.82, 2.24) is 0 Å². The first-order valence-corrected chi connectivity index (χ1v) is 6.48. The molecule has 0 aromatic heterocycles. The smallest absolute Gasteiger partial charge is 0.335 e.